The van der Waals surface area contributed by atoms with Crippen LogP contribution in [0.2, 0.25) is 0 Å². The fourth-order valence-corrected chi connectivity index (χ4v) is 4.25. The third-order valence-corrected chi connectivity index (χ3v) is 6.37. The third kappa shape index (κ3) is 6.51. The first-order valence-electron chi connectivity index (χ1n) is 10.4. The van der Waals surface area contributed by atoms with E-state index in [0.29, 0.717) is 50.0 Å². The smallest absolute Gasteiger partial charge is 0.409 e. The number of benzene rings is 2. The zero-order valence-electron chi connectivity index (χ0n) is 18.5. The van der Waals surface area contributed by atoms with Gasteiger partial charge in [-0.05, 0) is 43.3 Å². The van der Waals surface area contributed by atoms with Crippen molar-refractivity contribution < 1.29 is 32.2 Å². The summed E-state index contributed by atoms with van der Waals surface area (Å²) in [4.78, 5) is 27.4. The van der Waals surface area contributed by atoms with Crippen LogP contribution in [0.4, 0.5) is 10.5 Å². The minimum Gasteiger partial charge on any atom is -0.497 e. The molecule has 2 aromatic carbocycles. The second kappa shape index (κ2) is 10.9. The van der Waals surface area contributed by atoms with Crippen molar-refractivity contribution in [2.45, 2.75) is 11.8 Å². The van der Waals surface area contributed by atoms with Crippen LogP contribution in [0.5, 0.6) is 11.5 Å². The van der Waals surface area contributed by atoms with E-state index in [1.54, 1.807) is 41.0 Å². The molecule has 1 N–H and O–H groups in total. The van der Waals surface area contributed by atoms with Crippen LogP contribution in [0.1, 0.15) is 6.92 Å². The van der Waals surface area contributed by atoms with Gasteiger partial charge in [-0.25, -0.2) is 13.2 Å². The van der Waals surface area contributed by atoms with Crippen LogP contribution in [-0.2, 0) is 19.6 Å². The van der Waals surface area contributed by atoms with Gasteiger partial charge < -0.3 is 24.0 Å². The molecule has 33 heavy (non-hydrogen) atoms. The van der Waals surface area contributed by atoms with E-state index in [4.69, 9.17) is 14.2 Å². The van der Waals surface area contributed by atoms with E-state index in [0.717, 1.165) is 0 Å². The van der Waals surface area contributed by atoms with E-state index in [1.807, 2.05) is 0 Å². The highest BCUT2D eigenvalue weighted by molar-refractivity contribution is 7.92. The highest BCUT2D eigenvalue weighted by atomic mass is 32.2. The van der Waals surface area contributed by atoms with E-state index >= 15 is 0 Å². The summed E-state index contributed by atoms with van der Waals surface area (Å²) in [5.74, 6) is 0.689. The van der Waals surface area contributed by atoms with Crippen LogP contribution >= 0.6 is 0 Å². The molecule has 0 aliphatic carbocycles. The third-order valence-electron chi connectivity index (χ3n) is 4.98. The number of nitrogens with zero attached hydrogens (tertiary/aromatic N) is 2. The molecule has 1 aliphatic rings. The first-order valence-corrected chi connectivity index (χ1v) is 11.9. The Morgan fingerprint density at radius 2 is 1.64 bits per heavy atom. The molecule has 2 aromatic rings. The zero-order valence-corrected chi connectivity index (χ0v) is 19.3. The predicted molar refractivity (Wildman–Crippen MR) is 121 cm³/mol. The Kier molecular flexibility index (Phi) is 7.99. The summed E-state index contributed by atoms with van der Waals surface area (Å²) in [5.41, 5.74) is 0.378. The lowest BCUT2D eigenvalue weighted by Gasteiger charge is -2.33. The molecule has 2 amide bonds. The molecule has 0 saturated carbocycles. The summed E-state index contributed by atoms with van der Waals surface area (Å²) in [7, 11) is -2.30. The Balaban J connectivity index is 1.51. The fourth-order valence-electron chi connectivity index (χ4n) is 3.21. The molecule has 0 unspecified atom stereocenters. The van der Waals surface area contributed by atoms with Crippen LogP contribution < -0.4 is 14.2 Å². The normalized spacial score (nSPS) is 13.9. The highest BCUT2D eigenvalue weighted by Gasteiger charge is 2.25. The minimum atomic E-state index is -3.80. The summed E-state index contributed by atoms with van der Waals surface area (Å²) < 4.78 is 43.3. The molecule has 178 valence electrons. The van der Waals surface area contributed by atoms with Crippen molar-refractivity contribution >= 4 is 27.7 Å². The molecular formula is C22H27N3O7S. The number of ether oxygens (including phenoxy) is 3. The lowest BCUT2D eigenvalue weighted by atomic mass is 10.3. The van der Waals surface area contributed by atoms with Crippen molar-refractivity contribution in [3.05, 3.63) is 48.5 Å². The van der Waals surface area contributed by atoms with Crippen LogP contribution in [-0.4, -0.2) is 76.7 Å². The van der Waals surface area contributed by atoms with Crippen molar-refractivity contribution in [1.29, 1.82) is 0 Å². The minimum absolute atomic E-state index is 0.0547. The van der Waals surface area contributed by atoms with Gasteiger partial charge >= 0.3 is 6.09 Å². The molecule has 1 saturated heterocycles. The van der Waals surface area contributed by atoms with Gasteiger partial charge in [0.05, 0.1) is 24.3 Å². The van der Waals surface area contributed by atoms with E-state index in [1.165, 1.54) is 31.4 Å². The Bertz CT molecular complexity index is 1070. The molecule has 0 bridgehead atoms. The summed E-state index contributed by atoms with van der Waals surface area (Å²) in [6.07, 6.45) is -0.378. The second-order valence-corrected chi connectivity index (χ2v) is 8.85. The number of hydrogen-bond donors (Lipinski definition) is 1. The molecule has 1 heterocycles. The quantitative estimate of drug-likeness (QED) is 0.620. The molecule has 3 rings (SSSR count). The largest absolute Gasteiger partial charge is 0.497 e. The maximum atomic E-state index is 12.6. The summed E-state index contributed by atoms with van der Waals surface area (Å²) in [6.45, 7) is 3.46. The molecule has 1 aliphatic heterocycles. The zero-order chi connectivity index (χ0) is 23.8. The number of rotatable bonds is 8. The van der Waals surface area contributed by atoms with Crippen molar-refractivity contribution in [1.82, 2.24) is 9.80 Å². The van der Waals surface area contributed by atoms with Crippen LogP contribution in [0.3, 0.4) is 0 Å². The van der Waals surface area contributed by atoms with E-state index < -0.39 is 10.0 Å². The van der Waals surface area contributed by atoms with Crippen molar-refractivity contribution in [3.63, 3.8) is 0 Å². The Hall–Kier alpha value is -3.47. The average Bonchev–Trinajstić information content (AvgIpc) is 2.83. The summed E-state index contributed by atoms with van der Waals surface area (Å²) >= 11 is 0. The lowest BCUT2D eigenvalue weighted by Crippen LogP contribution is -2.51. The average molecular weight is 478 g/mol. The van der Waals surface area contributed by atoms with Gasteiger partial charge in [0.1, 0.15) is 11.5 Å². The monoisotopic (exact) mass is 477 g/mol. The molecule has 10 nitrogen and oxygen atoms in total. The van der Waals surface area contributed by atoms with Gasteiger partial charge in [0.15, 0.2) is 6.61 Å². The van der Waals surface area contributed by atoms with Crippen molar-refractivity contribution in [3.8, 4) is 11.5 Å². The second-order valence-electron chi connectivity index (χ2n) is 7.16. The molecule has 0 aromatic heterocycles. The molecule has 0 spiro atoms. The number of amides is 2. The van der Waals surface area contributed by atoms with Gasteiger partial charge in [-0.15, -0.1) is 0 Å². The fraction of sp³-hybridized carbons (Fsp3) is 0.364. The summed E-state index contributed by atoms with van der Waals surface area (Å²) in [6, 6.07) is 12.4. The lowest BCUT2D eigenvalue weighted by molar-refractivity contribution is -0.134. The number of sulfonamides is 1. The van der Waals surface area contributed by atoms with Gasteiger partial charge in [-0.2, -0.15) is 0 Å². The molecule has 11 heteroatoms. The standard InChI is InChI=1S/C22H27N3O7S/c1-3-31-22(27)25-13-11-24(12-14-25)21(26)16-32-18-7-9-20(10-8-18)33(28,29)23-17-5-4-6-19(15-17)30-2/h4-10,15,23H,3,11-14,16H2,1-2H3. The van der Waals surface area contributed by atoms with Gasteiger partial charge in [0.2, 0.25) is 0 Å². The van der Waals surface area contributed by atoms with Gasteiger partial charge in [-0.1, -0.05) is 6.07 Å². The molecular weight excluding hydrogens is 450 g/mol. The Labute approximate surface area is 193 Å². The van der Waals surface area contributed by atoms with Crippen LogP contribution in [0.15, 0.2) is 53.4 Å². The number of carbonyl (C=O) groups is 2. The van der Waals surface area contributed by atoms with Crippen LogP contribution in [0, 0.1) is 0 Å². The number of anilines is 1. The molecule has 1 fully saturated rings. The molecule has 0 atom stereocenters. The number of carbonyl (C=O) groups excluding carboxylic acids is 2. The van der Waals surface area contributed by atoms with E-state index in [9.17, 15) is 18.0 Å². The number of methoxy groups -OCH3 is 1. The van der Waals surface area contributed by atoms with Gasteiger partial charge in [0.25, 0.3) is 15.9 Å². The first kappa shape index (κ1) is 24.2. The predicted octanol–water partition coefficient (Wildman–Crippen LogP) is 2.18. The maximum Gasteiger partial charge on any atom is 0.409 e. The van der Waals surface area contributed by atoms with Gasteiger partial charge in [0, 0.05) is 32.2 Å². The Morgan fingerprint density at radius 1 is 0.970 bits per heavy atom. The SMILES string of the molecule is CCOC(=O)N1CCN(C(=O)COc2ccc(S(=O)(=O)Nc3cccc(OC)c3)cc2)CC1. The first-order chi connectivity index (χ1) is 15.8. The topological polar surface area (TPSA) is 114 Å². The van der Waals surface area contributed by atoms with E-state index in [-0.39, 0.29) is 23.5 Å². The number of nitrogens with one attached hydrogen (secondary N) is 1. The highest BCUT2D eigenvalue weighted by Crippen LogP contribution is 2.22. The van der Waals surface area contributed by atoms with Crippen molar-refractivity contribution in [2.24, 2.45) is 0 Å². The van der Waals surface area contributed by atoms with Gasteiger partial charge in [-0.3, -0.25) is 9.52 Å². The number of piperazine rings is 1. The Morgan fingerprint density at radius 3 is 2.27 bits per heavy atom. The van der Waals surface area contributed by atoms with E-state index in [2.05, 4.69) is 4.72 Å². The molecule has 0 radical (unpaired) electrons. The summed E-state index contributed by atoms with van der Waals surface area (Å²) in [5, 5.41) is 0. The van der Waals surface area contributed by atoms with Crippen molar-refractivity contribution in [2.75, 3.05) is 51.2 Å². The maximum absolute atomic E-state index is 12.6. The van der Waals surface area contributed by atoms with Crippen LogP contribution in [0.25, 0.3) is 0 Å². The number of hydrogen-bond acceptors (Lipinski definition) is 7.